The number of benzene rings is 1. The summed E-state index contributed by atoms with van der Waals surface area (Å²) in [4.78, 5) is 0. The number of hydrogen-bond acceptors (Lipinski definition) is 2. The minimum Gasteiger partial charge on any atom is -0.406 e. The van der Waals surface area contributed by atoms with Gasteiger partial charge in [0.1, 0.15) is 5.75 Å². The van der Waals surface area contributed by atoms with Crippen molar-refractivity contribution in [1.82, 2.24) is 5.32 Å². The zero-order valence-corrected chi connectivity index (χ0v) is 12.2. The first-order valence-corrected chi connectivity index (χ1v) is 7.50. The van der Waals surface area contributed by atoms with Crippen LogP contribution >= 0.6 is 0 Å². The van der Waals surface area contributed by atoms with Crippen molar-refractivity contribution in [3.8, 4) is 5.75 Å². The normalized spacial score (nSPS) is 23.6. The lowest BCUT2D eigenvalue weighted by molar-refractivity contribution is -0.274. The van der Waals surface area contributed by atoms with Gasteiger partial charge in [-0.3, -0.25) is 0 Å². The molecule has 0 saturated heterocycles. The highest BCUT2D eigenvalue weighted by Crippen LogP contribution is 2.25. The molecule has 0 spiro atoms. The van der Waals surface area contributed by atoms with Crippen molar-refractivity contribution in [1.29, 1.82) is 0 Å². The lowest BCUT2D eigenvalue weighted by Gasteiger charge is -2.17. The van der Waals surface area contributed by atoms with E-state index in [1.807, 2.05) is 6.07 Å². The molecule has 2 rings (SSSR count). The number of halogens is 3. The van der Waals surface area contributed by atoms with Crippen LogP contribution in [0.25, 0.3) is 0 Å². The predicted molar refractivity (Wildman–Crippen MR) is 76.0 cm³/mol. The predicted octanol–water partition coefficient (Wildman–Crippen LogP) is 4.64. The molecular weight excluding hydrogens is 279 g/mol. The first-order chi connectivity index (χ1) is 9.92. The molecule has 1 saturated carbocycles. The van der Waals surface area contributed by atoms with Crippen molar-refractivity contribution in [2.24, 2.45) is 5.92 Å². The van der Waals surface area contributed by atoms with Crippen LogP contribution in [0.1, 0.15) is 44.6 Å². The van der Waals surface area contributed by atoms with Crippen molar-refractivity contribution < 1.29 is 17.9 Å². The molecule has 1 aromatic carbocycles. The molecule has 2 nitrogen and oxygen atoms in total. The fourth-order valence-electron chi connectivity index (χ4n) is 2.81. The number of nitrogens with one attached hydrogen (secondary N) is 1. The summed E-state index contributed by atoms with van der Waals surface area (Å²) in [6.07, 6.45) is 1.35. The zero-order chi connectivity index (χ0) is 15.3. The first kappa shape index (κ1) is 16.1. The lowest BCUT2D eigenvalue weighted by Crippen LogP contribution is -2.28. The van der Waals surface area contributed by atoms with Crippen LogP contribution in [0.2, 0.25) is 0 Å². The Hall–Kier alpha value is -1.23. The Bertz CT molecular complexity index is 447. The second-order valence-corrected chi connectivity index (χ2v) is 5.89. The minimum absolute atomic E-state index is 0.156. The van der Waals surface area contributed by atoms with Crippen molar-refractivity contribution in [3.05, 3.63) is 29.8 Å². The number of alkyl halides is 3. The lowest BCUT2D eigenvalue weighted by atomic mass is 10.0. The smallest absolute Gasteiger partial charge is 0.406 e. The third-order valence-corrected chi connectivity index (χ3v) is 3.98. The van der Waals surface area contributed by atoms with E-state index >= 15 is 0 Å². The van der Waals surface area contributed by atoms with Crippen LogP contribution in [0.3, 0.4) is 0 Å². The Kier molecular flexibility index (Phi) is 5.51. The molecule has 21 heavy (non-hydrogen) atoms. The van der Waals surface area contributed by atoms with Gasteiger partial charge >= 0.3 is 6.36 Å². The van der Waals surface area contributed by atoms with E-state index in [4.69, 9.17) is 0 Å². The number of hydrogen-bond donors (Lipinski definition) is 1. The van der Waals surface area contributed by atoms with Crippen LogP contribution in [0.15, 0.2) is 24.3 Å². The van der Waals surface area contributed by atoms with Crippen molar-refractivity contribution in [2.75, 3.05) is 0 Å². The van der Waals surface area contributed by atoms with Gasteiger partial charge in [0.25, 0.3) is 0 Å². The fraction of sp³-hybridized carbons (Fsp3) is 0.625. The molecule has 0 aliphatic heterocycles. The maximum absolute atomic E-state index is 12.2. The molecule has 0 aromatic heterocycles. The van der Waals surface area contributed by atoms with Gasteiger partial charge in [0.2, 0.25) is 0 Å². The molecular formula is C16H22F3NO. The quantitative estimate of drug-likeness (QED) is 0.818. The van der Waals surface area contributed by atoms with Gasteiger partial charge in [-0.1, -0.05) is 31.9 Å². The summed E-state index contributed by atoms with van der Waals surface area (Å²) in [5.41, 5.74) is 0.814. The van der Waals surface area contributed by atoms with Gasteiger partial charge in [-0.25, -0.2) is 0 Å². The van der Waals surface area contributed by atoms with E-state index < -0.39 is 6.36 Å². The highest BCUT2D eigenvalue weighted by molar-refractivity contribution is 5.28. The summed E-state index contributed by atoms with van der Waals surface area (Å²) in [6.45, 7) is 2.86. The fourth-order valence-corrected chi connectivity index (χ4v) is 2.81. The molecule has 5 heteroatoms. The topological polar surface area (TPSA) is 21.3 Å². The first-order valence-electron chi connectivity index (χ1n) is 7.50. The second-order valence-electron chi connectivity index (χ2n) is 5.89. The summed E-state index contributed by atoms with van der Waals surface area (Å²) >= 11 is 0. The molecule has 1 N–H and O–H groups in total. The van der Waals surface area contributed by atoms with E-state index in [9.17, 15) is 13.2 Å². The molecule has 2 unspecified atom stereocenters. The SMILES string of the molecule is CC1CCCC(NCc2cccc(OC(F)(F)F)c2)CC1. The van der Waals surface area contributed by atoms with Gasteiger partial charge in [-0.2, -0.15) is 0 Å². The number of ether oxygens (including phenoxy) is 1. The Labute approximate surface area is 123 Å². The van der Waals surface area contributed by atoms with Crippen LogP contribution < -0.4 is 10.1 Å². The molecule has 0 amide bonds. The van der Waals surface area contributed by atoms with E-state index in [0.29, 0.717) is 12.6 Å². The van der Waals surface area contributed by atoms with Crippen molar-refractivity contribution in [2.45, 2.75) is 58.0 Å². The van der Waals surface area contributed by atoms with Crippen LogP contribution in [0.5, 0.6) is 5.75 Å². The van der Waals surface area contributed by atoms with Crippen LogP contribution in [0.4, 0.5) is 13.2 Å². The summed E-state index contributed by atoms with van der Waals surface area (Å²) in [5.74, 6) is 0.622. The minimum atomic E-state index is -4.64. The zero-order valence-electron chi connectivity index (χ0n) is 12.2. The molecule has 0 radical (unpaired) electrons. The van der Waals surface area contributed by atoms with Gasteiger partial charge in [0.15, 0.2) is 0 Å². The Balaban J connectivity index is 1.86. The molecule has 1 aromatic rings. The van der Waals surface area contributed by atoms with E-state index in [1.54, 1.807) is 6.07 Å². The Morgan fingerprint density at radius 2 is 2.00 bits per heavy atom. The highest BCUT2D eigenvalue weighted by atomic mass is 19.4. The summed E-state index contributed by atoms with van der Waals surface area (Å²) in [6, 6.07) is 6.63. The van der Waals surface area contributed by atoms with Gasteiger partial charge in [-0.05, 0) is 42.9 Å². The van der Waals surface area contributed by atoms with Crippen molar-refractivity contribution in [3.63, 3.8) is 0 Å². The summed E-state index contributed by atoms with van der Waals surface area (Å²) in [7, 11) is 0. The van der Waals surface area contributed by atoms with E-state index in [2.05, 4.69) is 17.0 Å². The third-order valence-electron chi connectivity index (χ3n) is 3.98. The van der Waals surface area contributed by atoms with E-state index in [0.717, 1.165) is 24.3 Å². The molecule has 1 aliphatic rings. The van der Waals surface area contributed by atoms with Gasteiger partial charge < -0.3 is 10.1 Å². The maximum Gasteiger partial charge on any atom is 0.573 e. The standard InChI is InChI=1S/C16H22F3NO/c1-12-4-2-6-14(9-8-12)20-11-13-5-3-7-15(10-13)21-16(17,18)19/h3,5,7,10,12,14,20H,2,4,6,8-9,11H2,1H3. The summed E-state index contributed by atoms with van der Waals surface area (Å²) in [5, 5.41) is 3.45. The van der Waals surface area contributed by atoms with Crippen LogP contribution in [-0.2, 0) is 6.54 Å². The molecule has 1 aliphatic carbocycles. The molecule has 0 heterocycles. The van der Waals surface area contributed by atoms with Crippen molar-refractivity contribution >= 4 is 0 Å². The Morgan fingerprint density at radius 1 is 1.19 bits per heavy atom. The molecule has 1 fully saturated rings. The van der Waals surface area contributed by atoms with Gasteiger partial charge in [0.05, 0.1) is 0 Å². The second kappa shape index (κ2) is 7.16. The van der Waals surface area contributed by atoms with E-state index in [1.165, 1.54) is 31.4 Å². The third kappa shape index (κ3) is 5.96. The van der Waals surface area contributed by atoms with Crippen LogP contribution in [-0.4, -0.2) is 12.4 Å². The summed E-state index contributed by atoms with van der Waals surface area (Å²) < 4.78 is 40.5. The Morgan fingerprint density at radius 3 is 2.76 bits per heavy atom. The van der Waals surface area contributed by atoms with E-state index in [-0.39, 0.29) is 5.75 Å². The van der Waals surface area contributed by atoms with Crippen LogP contribution in [0, 0.1) is 5.92 Å². The van der Waals surface area contributed by atoms with Gasteiger partial charge in [-0.15, -0.1) is 13.2 Å². The average Bonchev–Trinajstić information content (AvgIpc) is 2.60. The molecule has 0 bridgehead atoms. The largest absolute Gasteiger partial charge is 0.573 e. The molecule has 2 atom stereocenters. The highest BCUT2D eigenvalue weighted by Gasteiger charge is 2.31. The maximum atomic E-state index is 12.2. The number of rotatable bonds is 4. The molecule has 118 valence electrons. The monoisotopic (exact) mass is 301 g/mol. The average molecular weight is 301 g/mol. The van der Waals surface area contributed by atoms with Gasteiger partial charge in [0, 0.05) is 12.6 Å².